The third kappa shape index (κ3) is 6.76. The lowest BCUT2D eigenvalue weighted by atomic mass is 10.3. The van der Waals surface area contributed by atoms with Gasteiger partial charge in [0.2, 0.25) is 5.91 Å². The molecule has 2 aromatic carbocycles. The van der Waals surface area contributed by atoms with Crippen molar-refractivity contribution < 1.29 is 9.59 Å². The van der Waals surface area contributed by atoms with E-state index >= 15 is 0 Å². The van der Waals surface area contributed by atoms with Crippen molar-refractivity contribution in [3.8, 4) is 0 Å². The molecular formula is C18H19BrN2O2S2. The minimum atomic E-state index is -0.0764. The van der Waals surface area contributed by atoms with Gasteiger partial charge in [-0.1, -0.05) is 28.1 Å². The summed E-state index contributed by atoms with van der Waals surface area (Å²) < 4.78 is 1.04. The van der Waals surface area contributed by atoms with Crippen LogP contribution in [0.5, 0.6) is 0 Å². The van der Waals surface area contributed by atoms with Gasteiger partial charge in [0.1, 0.15) is 0 Å². The normalized spacial score (nSPS) is 10.4. The average Bonchev–Trinajstić information content (AvgIpc) is 2.58. The number of halogens is 1. The van der Waals surface area contributed by atoms with Crippen LogP contribution in [0.15, 0.2) is 62.8 Å². The van der Waals surface area contributed by atoms with Crippen molar-refractivity contribution in [3.05, 3.63) is 53.0 Å². The second kappa shape index (κ2) is 9.89. The van der Waals surface area contributed by atoms with Gasteiger partial charge >= 0.3 is 0 Å². The van der Waals surface area contributed by atoms with Crippen LogP contribution in [0.25, 0.3) is 0 Å². The van der Waals surface area contributed by atoms with Gasteiger partial charge in [0.25, 0.3) is 5.24 Å². The number of carbonyl (C=O) groups is 2. The highest BCUT2D eigenvalue weighted by Crippen LogP contribution is 2.29. The van der Waals surface area contributed by atoms with E-state index in [9.17, 15) is 9.59 Å². The van der Waals surface area contributed by atoms with Crippen molar-refractivity contribution in [2.75, 3.05) is 25.2 Å². The molecule has 0 bridgehead atoms. The number of nitrogens with zero attached hydrogens (tertiary/aromatic N) is 1. The molecule has 0 saturated carbocycles. The number of nitrogens with one attached hydrogen (secondary N) is 1. The summed E-state index contributed by atoms with van der Waals surface area (Å²) in [5, 5.41) is 2.82. The Hall–Kier alpha value is -1.44. The summed E-state index contributed by atoms with van der Waals surface area (Å²) in [6.45, 7) is 0. The number of para-hydroxylation sites is 1. The number of anilines is 1. The van der Waals surface area contributed by atoms with E-state index in [0.717, 1.165) is 26.0 Å². The van der Waals surface area contributed by atoms with Gasteiger partial charge in [0, 0.05) is 40.5 Å². The zero-order chi connectivity index (χ0) is 18.2. The monoisotopic (exact) mass is 438 g/mol. The summed E-state index contributed by atoms with van der Waals surface area (Å²) in [6.07, 6.45) is 0.404. The highest BCUT2D eigenvalue weighted by molar-refractivity contribution is 9.10. The molecule has 0 aliphatic carbocycles. The van der Waals surface area contributed by atoms with Gasteiger partial charge in [-0.2, -0.15) is 0 Å². The minimum Gasteiger partial charge on any atom is -0.339 e. The van der Waals surface area contributed by atoms with Crippen LogP contribution in [0.3, 0.4) is 0 Å². The second-order valence-electron chi connectivity index (χ2n) is 5.36. The van der Waals surface area contributed by atoms with Gasteiger partial charge in [-0.15, -0.1) is 11.8 Å². The molecule has 0 spiro atoms. The van der Waals surface area contributed by atoms with E-state index in [1.165, 1.54) is 4.90 Å². The molecule has 0 unspecified atom stereocenters. The molecule has 0 fully saturated rings. The lowest BCUT2D eigenvalue weighted by molar-refractivity contribution is -0.115. The van der Waals surface area contributed by atoms with Gasteiger partial charge in [-0.3, -0.25) is 9.59 Å². The Bertz CT molecular complexity index is 736. The SMILES string of the molecule is CN(C)C(=O)Sc1ccccc1NC(=O)CCSc1ccc(Br)cc1. The van der Waals surface area contributed by atoms with Crippen LogP contribution in [-0.2, 0) is 4.79 Å². The second-order valence-corrected chi connectivity index (χ2v) is 8.44. The van der Waals surface area contributed by atoms with Gasteiger partial charge in [0.15, 0.2) is 0 Å². The highest BCUT2D eigenvalue weighted by atomic mass is 79.9. The van der Waals surface area contributed by atoms with Crippen LogP contribution in [0.4, 0.5) is 10.5 Å². The predicted octanol–water partition coefficient (Wildman–Crippen LogP) is 5.34. The summed E-state index contributed by atoms with van der Waals surface area (Å²) in [5.41, 5.74) is 0.668. The first kappa shape index (κ1) is 19.9. The number of thioether (sulfide) groups is 2. The largest absolute Gasteiger partial charge is 0.339 e. The quantitative estimate of drug-likeness (QED) is 0.617. The van der Waals surface area contributed by atoms with E-state index in [-0.39, 0.29) is 11.1 Å². The maximum Gasteiger partial charge on any atom is 0.286 e. The summed E-state index contributed by atoms with van der Waals surface area (Å²) in [7, 11) is 3.41. The number of amides is 2. The van der Waals surface area contributed by atoms with Crippen molar-refractivity contribution in [3.63, 3.8) is 0 Å². The summed E-state index contributed by atoms with van der Waals surface area (Å²) >= 11 is 6.15. The van der Waals surface area contributed by atoms with Crippen LogP contribution < -0.4 is 5.32 Å². The fraction of sp³-hybridized carbons (Fsp3) is 0.222. The Labute approximate surface area is 164 Å². The van der Waals surface area contributed by atoms with E-state index in [4.69, 9.17) is 0 Å². The first-order valence-corrected chi connectivity index (χ1v) is 10.2. The third-order valence-corrected chi connectivity index (χ3v) is 5.79. The number of carbonyl (C=O) groups excluding carboxylic acids is 2. The van der Waals surface area contributed by atoms with Crippen LogP contribution >= 0.6 is 39.5 Å². The Balaban J connectivity index is 1.87. The molecule has 2 aromatic rings. The molecule has 0 aliphatic rings. The van der Waals surface area contributed by atoms with Crippen LogP contribution in [0, 0.1) is 0 Å². The van der Waals surface area contributed by atoms with E-state index in [0.29, 0.717) is 17.9 Å². The molecule has 0 heterocycles. The first-order chi connectivity index (χ1) is 12.0. The fourth-order valence-corrected chi connectivity index (χ4v) is 3.71. The van der Waals surface area contributed by atoms with Gasteiger partial charge in [0.05, 0.1) is 5.69 Å². The first-order valence-electron chi connectivity index (χ1n) is 7.62. The zero-order valence-corrected chi connectivity index (χ0v) is 17.2. The summed E-state index contributed by atoms with van der Waals surface area (Å²) in [6, 6.07) is 15.3. The lowest BCUT2D eigenvalue weighted by Crippen LogP contribution is -2.17. The number of hydrogen-bond donors (Lipinski definition) is 1. The standard InChI is InChI=1S/C18H19BrN2O2S2/c1-21(2)18(23)25-16-6-4-3-5-15(16)20-17(22)11-12-24-14-9-7-13(19)8-10-14/h3-10H,11-12H2,1-2H3,(H,20,22). The van der Waals surface area contributed by atoms with Gasteiger partial charge in [-0.05, 0) is 48.2 Å². The Kier molecular flexibility index (Phi) is 7.87. The maximum absolute atomic E-state index is 12.2. The van der Waals surface area contributed by atoms with Crippen molar-refractivity contribution in [1.29, 1.82) is 0 Å². The van der Waals surface area contributed by atoms with Crippen LogP contribution in [-0.4, -0.2) is 35.9 Å². The number of hydrogen-bond acceptors (Lipinski definition) is 4. The lowest BCUT2D eigenvalue weighted by Gasteiger charge is -2.13. The number of rotatable bonds is 6. The third-order valence-electron chi connectivity index (χ3n) is 3.14. The predicted molar refractivity (Wildman–Crippen MR) is 109 cm³/mol. The van der Waals surface area contributed by atoms with E-state index in [2.05, 4.69) is 21.2 Å². The smallest absolute Gasteiger partial charge is 0.286 e. The molecule has 0 saturated heterocycles. The van der Waals surface area contributed by atoms with Crippen LogP contribution in [0.2, 0.25) is 0 Å². The Morgan fingerprint density at radius 2 is 1.76 bits per heavy atom. The minimum absolute atomic E-state index is 0.0602. The van der Waals surface area contributed by atoms with Crippen molar-refractivity contribution in [1.82, 2.24) is 4.90 Å². The Morgan fingerprint density at radius 3 is 2.44 bits per heavy atom. The molecule has 25 heavy (non-hydrogen) atoms. The zero-order valence-electron chi connectivity index (χ0n) is 14.0. The molecule has 2 rings (SSSR count). The molecule has 0 radical (unpaired) electrons. The van der Waals surface area contributed by atoms with Crippen LogP contribution in [0.1, 0.15) is 6.42 Å². The molecule has 4 nitrogen and oxygen atoms in total. The van der Waals surface area contributed by atoms with E-state index < -0.39 is 0 Å². The molecule has 0 aromatic heterocycles. The van der Waals surface area contributed by atoms with Crippen molar-refractivity contribution in [2.24, 2.45) is 0 Å². The summed E-state index contributed by atoms with van der Waals surface area (Å²) in [5.74, 6) is 0.634. The molecule has 7 heteroatoms. The van der Waals surface area contributed by atoms with Crippen molar-refractivity contribution in [2.45, 2.75) is 16.2 Å². The summed E-state index contributed by atoms with van der Waals surface area (Å²) in [4.78, 5) is 27.5. The molecule has 2 amide bonds. The average molecular weight is 439 g/mol. The highest BCUT2D eigenvalue weighted by Gasteiger charge is 2.12. The van der Waals surface area contributed by atoms with Gasteiger partial charge in [-0.25, -0.2) is 0 Å². The topological polar surface area (TPSA) is 49.4 Å². The number of benzene rings is 2. The maximum atomic E-state index is 12.2. The molecule has 1 N–H and O–H groups in total. The molecule has 132 valence electrons. The van der Waals surface area contributed by atoms with Gasteiger partial charge < -0.3 is 10.2 Å². The van der Waals surface area contributed by atoms with E-state index in [1.54, 1.807) is 25.9 Å². The Morgan fingerprint density at radius 1 is 1.08 bits per heavy atom. The van der Waals surface area contributed by atoms with E-state index in [1.807, 2.05) is 48.5 Å². The molecular weight excluding hydrogens is 420 g/mol. The van der Waals surface area contributed by atoms with Crippen molar-refractivity contribution >= 4 is 56.3 Å². The molecule has 0 atom stereocenters. The fourth-order valence-electron chi connectivity index (χ4n) is 1.85. The molecule has 0 aliphatic heterocycles.